The molecule has 4 rings (SSSR count). The van der Waals surface area contributed by atoms with Gasteiger partial charge >= 0.3 is 6.18 Å². The predicted octanol–water partition coefficient (Wildman–Crippen LogP) is 3.33. The molecule has 2 N–H and O–H groups in total. The molecule has 1 aromatic rings. The molecule has 3 unspecified atom stereocenters. The Kier molecular flexibility index (Phi) is 4.37. The van der Waals surface area contributed by atoms with Crippen LogP contribution in [0.4, 0.5) is 13.2 Å². The van der Waals surface area contributed by atoms with E-state index in [-0.39, 0.29) is 5.41 Å². The standard InChI is InChI=1S/C19H24F3N3O/c1-23-17(24-11-12-3-5-13(6-4-12)19(20,21)22)25-15-14-7-10-26-16(14)18(15)8-2-9-18/h3-6,14-16H,2,7-11H2,1H3,(H2,23,24,25). The van der Waals surface area contributed by atoms with Gasteiger partial charge in [-0.3, -0.25) is 4.99 Å². The predicted molar refractivity (Wildman–Crippen MR) is 92.7 cm³/mol. The molecule has 0 amide bonds. The SMILES string of the molecule is CN=C(NCc1ccc(C(F)(F)F)cc1)NC1C2CCOC2C12CCC2. The molecule has 1 aliphatic heterocycles. The van der Waals surface area contributed by atoms with Crippen molar-refractivity contribution in [3.63, 3.8) is 0 Å². The quantitative estimate of drug-likeness (QED) is 0.636. The first-order valence-electron chi connectivity index (χ1n) is 9.19. The average Bonchev–Trinajstić information content (AvgIpc) is 2.98. The maximum atomic E-state index is 12.6. The summed E-state index contributed by atoms with van der Waals surface area (Å²) in [5, 5.41) is 6.78. The number of halogens is 3. The molecule has 1 aromatic carbocycles. The highest BCUT2D eigenvalue weighted by Gasteiger charge is 2.66. The molecule has 0 aromatic heterocycles. The van der Waals surface area contributed by atoms with Gasteiger partial charge in [0.1, 0.15) is 0 Å². The van der Waals surface area contributed by atoms with Gasteiger partial charge in [0, 0.05) is 37.6 Å². The minimum absolute atomic E-state index is 0.257. The second-order valence-electron chi connectivity index (χ2n) is 7.57. The van der Waals surface area contributed by atoms with Crippen LogP contribution >= 0.6 is 0 Å². The van der Waals surface area contributed by atoms with E-state index in [1.807, 2.05) is 0 Å². The average molecular weight is 367 g/mol. The molecule has 4 nitrogen and oxygen atoms in total. The molecule has 3 aliphatic rings. The summed E-state index contributed by atoms with van der Waals surface area (Å²) in [5.74, 6) is 1.24. The van der Waals surface area contributed by atoms with Crippen molar-refractivity contribution >= 4 is 5.96 Å². The molecule has 26 heavy (non-hydrogen) atoms. The van der Waals surface area contributed by atoms with Crippen LogP contribution in [0.5, 0.6) is 0 Å². The number of rotatable bonds is 3. The lowest BCUT2D eigenvalue weighted by molar-refractivity contribution is -0.171. The molecular weight excluding hydrogens is 343 g/mol. The van der Waals surface area contributed by atoms with E-state index in [9.17, 15) is 13.2 Å². The summed E-state index contributed by atoms with van der Waals surface area (Å²) in [5.41, 5.74) is 0.417. The first-order valence-corrected chi connectivity index (χ1v) is 9.19. The van der Waals surface area contributed by atoms with Gasteiger partial charge in [0.15, 0.2) is 5.96 Å². The highest BCUT2D eigenvalue weighted by molar-refractivity contribution is 5.80. The van der Waals surface area contributed by atoms with Crippen molar-refractivity contribution < 1.29 is 17.9 Å². The summed E-state index contributed by atoms with van der Waals surface area (Å²) in [6.07, 6.45) is 0.818. The lowest BCUT2D eigenvalue weighted by atomic mass is 9.46. The number of benzene rings is 1. The van der Waals surface area contributed by atoms with Crippen molar-refractivity contribution in [3.8, 4) is 0 Å². The van der Waals surface area contributed by atoms with Gasteiger partial charge in [0.05, 0.1) is 11.7 Å². The second-order valence-corrected chi connectivity index (χ2v) is 7.57. The maximum Gasteiger partial charge on any atom is 0.416 e. The van der Waals surface area contributed by atoms with Crippen molar-refractivity contribution in [1.29, 1.82) is 0 Å². The summed E-state index contributed by atoms with van der Waals surface area (Å²) in [4.78, 5) is 4.29. The number of nitrogens with zero attached hydrogens (tertiary/aromatic N) is 1. The van der Waals surface area contributed by atoms with E-state index >= 15 is 0 Å². The van der Waals surface area contributed by atoms with Gasteiger partial charge in [-0.15, -0.1) is 0 Å². The molecule has 1 saturated heterocycles. The number of hydrogen-bond acceptors (Lipinski definition) is 2. The smallest absolute Gasteiger partial charge is 0.377 e. The summed E-state index contributed by atoms with van der Waals surface area (Å²) >= 11 is 0. The van der Waals surface area contributed by atoms with E-state index in [1.54, 1.807) is 7.05 Å². The van der Waals surface area contributed by atoms with Gasteiger partial charge in [-0.1, -0.05) is 18.6 Å². The second kappa shape index (κ2) is 6.44. The first kappa shape index (κ1) is 17.6. The Hall–Kier alpha value is -1.76. The van der Waals surface area contributed by atoms with E-state index in [2.05, 4.69) is 15.6 Å². The Morgan fingerprint density at radius 1 is 1.27 bits per heavy atom. The Morgan fingerprint density at radius 2 is 2.00 bits per heavy atom. The normalized spacial score (nSPS) is 29.7. The molecule has 1 heterocycles. The van der Waals surface area contributed by atoms with Crippen molar-refractivity contribution in [1.82, 2.24) is 10.6 Å². The molecule has 2 saturated carbocycles. The molecule has 3 atom stereocenters. The Balaban J connectivity index is 1.35. The van der Waals surface area contributed by atoms with Crippen LogP contribution in [0.25, 0.3) is 0 Å². The van der Waals surface area contributed by atoms with Crippen LogP contribution in [0, 0.1) is 11.3 Å². The number of nitrogens with one attached hydrogen (secondary N) is 2. The third kappa shape index (κ3) is 2.86. The summed E-state index contributed by atoms with van der Waals surface area (Å²) in [6.45, 7) is 1.27. The van der Waals surface area contributed by atoms with Crippen LogP contribution in [0.2, 0.25) is 0 Å². The Bertz CT molecular complexity index is 682. The fraction of sp³-hybridized carbons (Fsp3) is 0.632. The zero-order valence-electron chi connectivity index (χ0n) is 14.8. The lowest BCUT2D eigenvalue weighted by Crippen LogP contribution is -2.72. The molecule has 1 spiro atoms. The van der Waals surface area contributed by atoms with Gasteiger partial charge in [-0.25, -0.2) is 0 Å². The number of hydrogen-bond donors (Lipinski definition) is 2. The fourth-order valence-electron chi connectivity index (χ4n) is 4.80. The van der Waals surface area contributed by atoms with E-state index in [0.717, 1.165) is 30.7 Å². The largest absolute Gasteiger partial charge is 0.416 e. The van der Waals surface area contributed by atoms with Gasteiger partial charge in [-0.2, -0.15) is 13.2 Å². The van der Waals surface area contributed by atoms with Gasteiger partial charge in [0.2, 0.25) is 0 Å². The van der Waals surface area contributed by atoms with E-state index in [0.29, 0.717) is 30.6 Å². The Morgan fingerprint density at radius 3 is 2.58 bits per heavy atom. The molecule has 3 fully saturated rings. The molecular formula is C19H24F3N3O. The number of fused-ring (bicyclic) bond motifs is 2. The number of aliphatic imine (C=N–C) groups is 1. The minimum atomic E-state index is -4.30. The number of ether oxygens (including phenoxy) is 1. The molecule has 2 aliphatic carbocycles. The van der Waals surface area contributed by atoms with Crippen molar-refractivity contribution in [2.75, 3.05) is 13.7 Å². The van der Waals surface area contributed by atoms with Gasteiger partial charge in [0.25, 0.3) is 0 Å². The molecule has 142 valence electrons. The van der Waals surface area contributed by atoms with Crippen LogP contribution in [-0.2, 0) is 17.5 Å². The molecule has 0 bridgehead atoms. The summed E-state index contributed by atoms with van der Waals surface area (Å²) in [7, 11) is 1.72. The van der Waals surface area contributed by atoms with Crippen LogP contribution in [-0.4, -0.2) is 31.8 Å². The van der Waals surface area contributed by atoms with Crippen LogP contribution in [0.3, 0.4) is 0 Å². The fourth-order valence-corrected chi connectivity index (χ4v) is 4.80. The summed E-state index contributed by atoms with van der Waals surface area (Å²) < 4.78 is 43.9. The first-order chi connectivity index (χ1) is 12.4. The lowest BCUT2D eigenvalue weighted by Gasteiger charge is -2.63. The topological polar surface area (TPSA) is 45.7 Å². The zero-order chi connectivity index (χ0) is 18.4. The Labute approximate surface area is 151 Å². The van der Waals surface area contributed by atoms with Gasteiger partial charge in [-0.05, 0) is 37.0 Å². The van der Waals surface area contributed by atoms with Crippen molar-refractivity contribution in [2.45, 2.75) is 50.6 Å². The third-order valence-electron chi connectivity index (χ3n) is 6.29. The van der Waals surface area contributed by atoms with E-state index in [4.69, 9.17) is 4.74 Å². The van der Waals surface area contributed by atoms with E-state index in [1.165, 1.54) is 31.4 Å². The van der Waals surface area contributed by atoms with Crippen molar-refractivity contribution in [2.24, 2.45) is 16.3 Å². The monoisotopic (exact) mass is 367 g/mol. The zero-order valence-corrected chi connectivity index (χ0v) is 14.8. The number of guanidine groups is 1. The van der Waals surface area contributed by atoms with Crippen molar-refractivity contribution in [3.05, 3.63) is 35.4 Å². The van der Waals surface area contributed by atoms with Gasteiger partial charge < -0.3 is 15.4 Å². The molecule has 0 radical (unpaired) electrons. The maximum absolute atomic E-state index is 12.6. The summed E-state index contributed by atoms with van der Waals surface area (Å²) in [6, 6.07) is 5.61. The third-order valence-corrected chi connectivity index (χ3v) is 6.29. The molecule has 7 heteroatoms. The number of alkyl halides is 3. The van der Waals surface area contributed by atoms with Crippen LogP contribution < -0.4 is 10.6 Å². The van der Waals surface area contributed by atoms with Crippen LogP contribution in [0.1, 0.15) is 36.8 Å². The highest BCUT2D eigenvalue weighted by Crippen LogP contribution is 2.62. The van der Waals surface area contributed by atoms with E-state index < -0.39 is 11.7 Å². The minimum Gasteiger partial charge on any atom is -0.377 e. The highest BCUT2D eigenvalue weighted by atomic mass is 19.4. The van der Waals surface area contributed by atoms with Crippen LogP contribution in [0.15, 0.2) is 29.3 Å².